The monoisotopic (exact) mass is 634 g/mol. The zero-order chi connectivity index (χ0) is 26.5. The van der Waals surface area contributed by atoms with Gasteiger partial charge >= 0.3 is 13.8 Å². The Labute approximate surface area is 217 Å². The first-order valence-electron chi connectivity index (χ1n) is 10.8. The van der Waals surface area contributed by atoms with Gasteiger partial charge in [0.05, 0.1) is 37.1 Å². The summed E-state index contributed by atoms with van der Waals surface area (Å²) >= 11 is 1.93. The lowest BCUT2D eigenvalue weighted by Gasteiger charge is -2.40. The maximum Gasteiger partial charge on any atom is 0.532 e. The van der Waals surface area contributed by atoms with Gasteiger partial charge in [-0.15, -0.1) is 0 Å². The van der Waals surface area contributed by atoms with Crippen molar-refractivity contribution in [1.29, 1.82) is 0 Å². The van der Waals surface area contributed by atoms with Crippen LogP contribution in [-0.2, 0) is 27.6 Å². The molecule has 0 spiro atoms. The fourth-order valence-corrected chi connectivity index (χ4v) is 5.29. The molecule has 0 amide bonds. The summed E-state index contributed by atoms with van der Waals surface area (Å²) in [7, 11) is -0.179. The van der Waals surface area contributed by atoms with Crippen molar-refractivity contribution in [2.24, 2.45) is 0 Å². The third kappa shape index (κ3) is 6.39. The van der Waals surface area contributed by atoms with E-state index < -0.39 is 44.5 Å². The Balaban J connectivity index is 2.53. The van der Waals surface area contributed by atoms with Crippen molar-refractivity contribution in [2.45, 2.75) is 58.4 Å². The van der Waals surface area contributed by atoms with E-state index >= 15 is 0 Å². The van der Waals surface area contributed by atoms with E-state index in [2.05, 4.69) is 0 Å². The van der Waals surface area contributed by atoms with Gasteiger partial charge in [0.15, 0.2) is 11.5 Å². The normalized spacial score (nSPS) is 24.7. The van der Waals surface area contributed by atoms with E-state index in [4.69, 9.17) is 37.3 Å². The van der Waals surface area contributed by atoms with Crippen LogP contribution in [0.4, 0.5) is 0 Å². The Morgan fingerprint density at radius 2 is 1.60 bits per heavy atom. The average Bonchev–Trinajstić information content (AvgIpc) is 2.80. The van der Waals surface area contributed by atoms with Crippen LogP contribution in [0.15, 0.2) is 0 Å². The van der Waals surface area contributed by atoms with Crippen LogP contribution in [0.5, 0.6) is 17.2 Å². The predicted molar refractivity (Wildman–Crippen MR) is 131 cm³/mol. The predicted octanol–water partition coefficient (Wildman–Crippen LogP) is 2.82. The van der Waals surface area contributed by atoms with Gasteiger partial charge in [-0.3, -0.25) is 9.05 Å². The summed E-state index contributed by atoms with van der Waals surface area (Å²) in [4.78, 5) is 13.1. The molecule has 2 rings (SSSR count). The second-order valence-electron chi connectivity index (χ2n) is 7.38. The van der Waals surface area contributed by atoms with Crippen molar-refractivity contribution in [3.63, 3.8) is 0 Å². The Morgan fingerprint density at radius 1 is 1.03 bits per heavy atom. The fraction of sp³-hybridized carbons (Fsp3) is 0.667. The van der Waals surface area contributed by atoms with E-state index in [1.165, 1.54) is 21.3 Å². The molecule has 12 nitrogen and oxygen atoms in total. The Hall–Kier alpha value is -1.19. The molecule has 200 valence electrons. The fourth-order valence-electron chi connectivity index (χ4n) is 3.54. The maximum atomic E-state index is 13.1. The standard InChI is InChI=1S/C21H32IO12P/c1-8-30-35(26,31-9-2)34-20(25)12-10(3)13(22)17(19(29-7)16(12)27-5)33-21-15(24)18(28-6)14(23)11(4)32-21/h11,14-15,18,21,23-24H,8-9H2,1-7H3/t11-,14-,15+,18+,21-/m0/s1. The van der Waals surface area contributed by atoms with Crippen LogP contribution in [0.1, 0.15) is 36.7 Å². The SMILES string of the molecule is CCOP(=O)(OCC)OC(=O)c1c(C)c(I)c(O[C@@H]2O[C@@H](C)[C@H](O)[C@@H](OC)[C@H]2O)c(OC)c1OC. The van der Waals surface area contributed by atoms with Crippen molar-refractivity contribution in [3.05, 3.63) is 14.7 Å². The molecule has 1 aliphatic heterocycles. The molecule has 1 aliphatic rings. The van der Waals surface area contributed by atoms with Crippen molar-refractivity contribution in [3.8, 4) is 17.2 Å². The Morgan fingerprint density at radius 3 is 2.09 bits per heavy atom. The number of benzene rings is 1. The number of carbonyl (C=O) groups is 1. The average molecular weight is 634 g/mol. The molecule has 1 fully saturated rings. The summed E-state index contributed by atoms with van der Waals surface area (Å²) in [6.45, 7) is 6.36. The number of halogens is 1. The Kier molecular flexibility index (Phi) is 11.0. The summed E-state index contributed by atoms with van der Waals surface area (Å²) < 4.78 is 56.2. The van der Waals surface area contributed by atoms with Crippen molar-refractivity contribution >= 4 is 36.4 Å². The second kappa shape index (κ2) is 12.9. The van der Waals surface area contributed by atoms with E-state index in [1.807, 2.05) is 22.6 Å². The molecule has 0 aromatic heterocycles. The van der Waals surface area contributed by atoms with Gasteiger partial charge in [-0.25, -0.2) is 9.36 Å². The molecule has 2 N–H and O–H groups in total. The number of hydrogen-bond acceptors (Lipinski definition) is 12. The third-order valence-corrected chi connectivity index (χ3v) is 8.05. The molecule has 0 radical (unpaired) electrons. The van der Waals surface area contributed by atoms with Gasteiger partial charge in [-0.1, -0.05) is 0 Å². The highest BCUT2D eigenvalue weighted by atomic mass is 127. The summed E-state index contributed by atoms with van der Waals surface area (Å²) in [6.07, 6.45) is -5.32. The molecule has 1 aromatic rings. The third-order valence-electron chi connectivity index (χ3n) is 5.21. The van der Waals surface area contributed by atoms with Crippen LogP contribution in [0.25, 0.3) is 0 Å². The van der Waals surface area contributed by atoms with Gasteiger partial charge in [-0.05, 0) is 55.8 Å². The first-order chi connectivity index (χ1) is 16.5. The first-order valence-corrected chi connectivity index (χ1v) is 13.3. The lowest BCUT2D eigenvalue weighted by Crippen LogP contribution is -2.59. The quantitative estimate of drug-likeness (QED) is 0.273. The van der Waals surface area contributed by atoms with E-state index in [0.717, 1.165) is 0 Å². The molecule has 1 heterocycles. The minimum atomic E-state index is -4.17. The van der Waals surface area contributed by atoms with Gasteiger partial charge in [0.1, 0.15) is 23.9 Å². The first kappa shape index (κ1) is 30.0. The highest BCUT2D eigenvalue weighted by molar-refractivity contribution is 14.1. The van der Waals surface area contributed by atoms with Crippen LogP contribution in [0, 0.1) is 10.5 Å². The molecule has 0 aliphatic carbocycles. The van der Waals surface area contributed by atoms with Crippen molar-refractivity contribution < 1.29 is 56.8 Å². The van der Waals surface area contributed by atoms with Crippen LogP contribution in [0.3, 0.4) is 0 Å². The molecular formula is C21H32IO12P. The maximum absolute atomic E-state index is 13.1. The molecule has 1 saturated heterocycles. The molecule has 0 saturated carbocycles. The van der Waals surface area contributed by atoms with Gasteiger partial charge in [-0.2, -0.15) is 0 Å². The molecule has 14 heteroatoms. The molecule has 35 heavy (non-hydrogen) atoms. The van der Waals surface area contributed by atoms with E-state index in [-0.39, 0.29) is 36.0 Å². The molecular weight excluding hydrogens is 602 g/mol. The summed E-state index contributed by atoms with van der Waals surface area (Å²) in [5.41, 5.74) is 0.272. The smallest absolute Gasteiger partial charge is 0.492 e. The summed E-state index contributed by atoms with van der Waals surface area (Å²) in [5, 5.41) is 20.9. The number of methoxy groups -OCH3 is 3. The number of hydrogen-bond donors (Lipinski definition) is 2. The summed E-state index contributed by atoms with van der Waals surface area (Å²) in [5.74, 6) is -0.968. The van der Waals surface area contributed by atoms with E-state index in [0.29, 0.717) is 9.13 Å². The lowest BCUT2D eigenvalue weighted by atomic mass is 9.99. The number of aliphatic hydroxyl groups is 2. The van der Waals surface area contributed by atoms with Gasteiger partial charge in [0.25, 0.3) is 0 Å². The van der Waals surface area contributed by atoms with Crippen LogP contribution in [-0.4, -0.2) is 81.4 Å². The lowest BCUT2D eigenvalue weighted by molar-refractivity contribution is -0.273. The molecule has 1 aromatic carbocycles. The summed E-state index contributed by atoms with van der Waals surface area (Å²) in [6, 6.07) is 0. The van der Waals surface area contributed by atoms with Crippen molar-refractivity contribution in [1.82, 2.24) is 0 Å². The molecule has 5 atom stereocenters. The zero-order valence-electron chi connectivity index (χ0n) is 20.6. The number of rotatable bonds is 11. The topological polar surface area (TPSA) is 148 Å². The minimum absolute atomic E-state index is 0.000596. The van der Waals surface area contributed by atoms with Crippen molar-refractivity contribution in [2.75, 3.05) is 34.5 Å². The zero-order valence-corrected chi connectivity index (χ0v) is 23.7. The van der Waals surface area contributed by atoms with Gasteiger partial charge in [0, 0.05) is 7.11 Å². The molecule has 0 unspecified atom stereocenters. The van der Waals surface area contributed by atoms with Crippen LogP contribution in [0.2, 0.25) is 0 Å². The number of ether oxygens (including phenoxy) is 5. The number of phosphoric acid groups is 1. The number of aliphatic hydroxyl groups excluding tert-OH is 2. The molecule has 0 bridgehead atoms. The van der Waals surface area contributed by atoms with E-state index in [9.17, 15) is 19.6 Å². The van der Waals surface area contributed by atoms with Crippen LogP contribution >= 0.6 is 30.4 Å². The highest BCUT2D eigenvalue weighted by Crippen LogP contribution is 2.52. The minimum Gasteiger partial charge on any atom is -0.492 e. The van der Waals surface area contributed by atoms with E-state index in [1.54, 1.807) is 27.7 Å². The highest BCUT2D eigenvalue weighted by Gasteiger charge is 2.45. The second-order valence-corrected chi connectivity index (χ2v) is 10.1. The van der Waals surface area contributed by atoms with Gasteiger partial charge in [0.2, 0.25) is 12.0 Å². The van der Waals surface area contributed by atoms with Crippen LogP contribution < -0.4 is 14.2 Å². The number of carbonyl (C=O) groups excluding carboxylic acids is 1. The van der Waals surface area contributed by atoms with Gasteiger partial charge < -0.3 is 38.4 Å². The Bertz CT molecular complexity index is 932. The largest absolute Gasteiger partial charge is 0.532 e. The number of phosphoric ester groups is 1.